The van der Waals surface area contributed by atoms with E-state index in [0.717, 1.165) is 5.56 Å². The summed E-state index contributed by atoms with van der Waals surface area (Å²) in [5, 5.41) is 2.87. The summed E-state index contributed by atoms with van der Waals surface area (Å²) in [5.74, 6) is 1.28. The lowest BCUT2D eigenvalue weighted by Crippen LogP contribution is -2.28. The average molecular weight is 341 g/mol. The van der Waals surface area contributed by atoms with Crippen molar-refractivity contribution >= 4 is 5.91 Å². The van der Waals surface area contributed by atoms with E-state index in [2.05, 4.69) is 26.1 Å². The second-order valence-electron chi connectivity index (χ2n) is 7.09. The molecule has 25 heavy (non-hydrogen) atoms. The highest BCUT2D eigenvalue weighted by molar-refractivity contribution is 5.94. The van der Waals surface area contributed by atoms with Gasteiger partial charge in [-0.05, 0) is 47.7 Å². The van der Waals surface area contributed by atoms with Gasteiger partial charge in [-0.1, -0.05) is 39.0 Å². The molecule has 1 N–H and O–H groups in total. The number of hydrogen-bond donors (Lipinski definition) is 1. The fourth-order valence-corrected chi connectivity index (χ4v) is 2.44. The maximum atomic E-state index is 12.2. The summed E-state index contributed by atoms with van der Waals surface area (Å²) in [5.41, 5.74) is 3.05. The van der Waals surface area contributed by atoms with Crippen LogP contribution in [0.4, 0.5) is 0 Å². The van der Waals surface area contributed by atoms with Crippen LogP contribution in [0, 0.1) is 6.92 Å². The molecule has 2 aromatic carbocycles. The van der Waals surface area contributed by atoms with Crippen molar-refractivity contribution in [2.75, 3.05) is 20.3 Å². The average Bonchev–Trinajstić information content (AvgIpc) is 2.58. The van der Waals surface area contributed by atoms with Crippen LogP contribution in [0.25, 0.3) is 0 Å². The molecule has 0 spiro atoms. The van der Waals surface area contributed by atoms with Crippen LogP contribution in [-0.2, 0) is 5.41 Å². The van der Waals surface area contributed by atoms with Crippen molar-refractivity contribution in [3.8, 4) is 11.5 Å². The van der Waals surface area contributed by atoms with E-state index in [1.807, 2.05) is 49.4 Å². The molecule has 0 saturated carbocycles. The molecule has 0 unspecified atom stereocenters. The molecule has 2 rings (SSSR count). The van der Waals surface area contributed by atoms with E-state index in [4.69, 9.17) is 9.47 Å². The SMILES string of the molecule is COc1cc(C)ccc1OCCNC(=O)c1ccc(C(C)(C)C)cc1. The molecule has 134 valence electrons. The second kappa shape index (κ2) is 8.06. The molecule has 4 heteroatoms. The Bertz CT molecular complexity index is 715. The largest absolute Gasteiger partial charge is 0.493 e. The van der Waals surface area contributed by atoms with Gasteiger partial charge in [-0.15, -0.1) is 0 Å². The molecule has 0 bridgehead atoms. The van der Waals surface area contributed by atoms with Crippen LogP contribution in [0.15, 0.2) is 42.5 Å². The quantitative estimate of drug-likeness (QED) is 0.804. The van der Waals surface area contributed by atoms with Gasteiger partial charge in [0.2, 0.25) is 0 Å². The molecule has 0 aliphatic heterocycles. The molecule has 0 radical (unpaired) electrons. The number of aryl methyl sites for hydroxylation is 1. The van der Waals surface area contributed by atoms with E-state index in [-0.39, 0.29) is 11.3 Å². The van der Waals surface area contributed by atoms with E-state index < -0.39 is 0 Å². The molecule has 0 aliphatic rings. The molecule has 0 aromatic heterocycles. The number of carbonyl (C=O) groups excluding carboxylic acids is 1. The number of ether oxygens (including phenoxy) is 2. The zero-order valence-corrected chi connectivity index (χ0v) is 15.7. The maximum absolute atomic E-state index is 12.2. The summed E-state index contributed by atoms with van der Waals surface area (Å²) >= 11 is 0. The van der Waals surface area contributed by atoms with Crippen molar-refractivity contribution < 1.29 is 14.3 Å². The van der Waals surface area contributed by atoms with Crippen LogP contribution in [0.5, 0.6) is 11.5 Å². The third-order valence-electron chi connectivity index (χ3n) is 3.98. The van der Waals surface area contributed by atoms with Crippen LogP contribution < -0.4 is 14.8 Å². The van der Waals surface area contributed by atoms with Crippen LogP contribution in [0.2, 0.25) is 0 Å². The lowest BCUT2D eigenvalue weighted by molar-refractivity contribution is 0.0946. The lowest BCUT2D eigenvalue weighted by Gasteiger charge is -2.19. The van der Waals surface area contributed by atoms with Gasteiger partial charge in [0.15, 0.2) is 11.5 Å². The van der Waals surface area contributed by atoms with E-state index >= 15 is 0 Å². The first kappa shape index (κ1) is 18.8. The molecular formula is C21H27NO3. The van der Waals surface area contributed by atoms with E-state index in [1.165, 1.54) is 5.56 Å². The Hall–Kier alpha value is -2.49. The molecule has 0 saturated heterocycles. The van der Waals surface area contributed by atoms with Crippen LogP contribution in [-0.4, -0.2) is 26.2 Å². The minimum Gasteiger partial charge on any atom is -0.493 e. The minimum absolute atomic E-state index is 0.0793. The first-order chi connectivity index (χ1) is 11.8. The molecule has 1 amide bonds. The Kier molecular flexibility index (Phi) is 6.07. The summed E-state index contributed by atoms with van der Waals surface area (Å²) in [6.45, 7) is 9.26. The highest BCUT2D eigenvalue weighted by atomic mass is 16.5. The predicted octanol–water partition coefficient (Wildman–Crippen LogP) is 4.11. The Morgan fingerprint density at radius 2 is 1.72 bits per heavy atom. The van der Waals surface area contributed by atoms with Crippen molar-refractivity contribution in [3.63, 3.8) is 0 Å². The van der Waals surface area contributed by atoms with Gasteiger partial charge in [0.1, 0.15) is 6.61 Å². The number of carbonyl (C=O) groups is 1. The smallest absolute Gasteiger partial charge is 0.251 e. The standard InChI is InChI=1S/C21H27NO3/c1-15-6-11-18(19(14-15)24-5)25-13-12-22-20(23)16-7-9-17(10-8-16)21(2,3)4/h6-11,14H,12-13H2,1-5H3,(H,22,23). The van der Waals surface area contributed by atoms with Gasteiger partial charge in [-0.2, -0.15) is 0 Å². The summed E-state index contributed by atoms with van der Waals surface area (Å²) < 4.78 is 11.0. The van der Waals surface area contributed by atoms with E-state index in [1.54, 1.807) is 7.11 Å². The predicted molar refractivity (Wildman–Crippen MR) is 101 cm³/mol. The maximum Gasteiger partial charge on any atom is 0.251 e. The zero-order valence-electron chi connectivity index (χ0n) is 15.7. The van der Waals surface area contributed by atoms with Crippen molar-refractivity contribution in [2.45, 2.75) is 33.1 Å². The number of methoxy groups -OCH3 is 1. The molecule has 2 aromatic rings. The van der Waals surface area contributed by atoms with Crippen molar-refractivity contribution in [1.29, 1.82) is 0 Å². The first-order valence-electron chi connectivity index (χ1n) is 8.47. The molecule has 0 aliphatic carbocycles. The lowest BCUT2D eigenvalue weighted by atomic mass is 9.87. The molecule has 0 heterocycles. The number of hydrogen-bond acceptors (Lipinski definition) is 3. The highest BCUT2D eigenvalue weighted by Gasteiger charge is 2.14. The first-order valence-corrected chi connectivity index (χ1v) is 8.47. The van der Waals surface area contributed by atoms with Gasteiger partial charge in [0, 0.05) is 5.56 Å². The van der Waals surface area contributed by atoms with Gasteiger partial charge < -0.3 is 14.8 Å². The van der Waals surface area contributed by atoms with Crippen molar-refractivity contribution in [2.24, 2.45) is 0 Å². The van der Waals surface area contributed by atoms with E-state index in [9.17, 15) is 4.79 Å². The Morgan fingerprint density at radius 3 is 2.32 bits per heavy atom. The number of nitrogens with one attached hydrogen (secondary N) is 1. The minimum atomic E-state index is -0.0973. The molecule has 4 nitrogen and oxygen atoms in total. The third-order valence-corrected chi connectivity index (χ3v) is 3.98. The highest BCUT2D eigenvalue weighted by Crippen LogP contribution is 2.27. The zero-order chi connectivity index (χ0) is 18.4. The van der Waals surface area contributed by atoms with Crippen LogP contribution in [0.1, 0.15) is 42.3 Å². The molecular weight excluding hydrogens is 314 g/mol. The van der Waals surface area contributed by atoms with Gasteiger partial charge >= 0.3 is 0 Å². The summed E-state index contributed by atoms with van der Waals surface area (Å²) in [6, 6.07) is 13.5. The van der Waals surface area contributed by atoms with Crippen molar-refractivity contribution in [3.05, 3.63) is 59.2 Å². The Labute approximate surface area is 150 Å². The van der Waals surface area contributed by atoms with Gasteiger partial charge in [-0.25, -0.2) is 0 Å². The normalized spacial score (nSPS) is 11.1. The fraction of sp³-hybridized carbons (Fsp3) is 0.381. The van der Waals surface area contributed by atoms with Crippen LogP contribution >= 0.6 is 0 Å². The molecule has 0 atom stereocenters. The number of amides is 1. The van der Waals surface area contributed by atoms with Gasteiger partial charge in [-0.3, -0.25) is 4.79 Å². The summed E-state index contributed by atoms with van der Waals surface area (Å²) in [7, 11) is 1.62. The number of rotatable bonds is 6. The second-order valence-corrected chi connectivity index (χ2v) is 7.09. The summed E-state index contributed by atoms with van der Waals surface area (Å²) in [4.78, 5) is 12.2. The van der Waals surface area contributed by atoms with Crippen LogP contribution in [0.3, 0.4) is 0 Å². The number of benzene rings is 2. The van der Waals surface area contributed by atoms with Crippen molar-refractivity contribution in [1.82, 2.24) is 5.32 Å². The Morgan fingerprint density at radius 1 is 1.04 bits per heavy atom. The van der Waals surface area contributed by atoms with E-state index in [0.29, 0.717) is 30.2 Å². The monoisotopic (exact) mass is 341 g/mol. The summed E-state index contributed by atoms with van der Waals surface area (Å²) in [6.07, 6.45) is 0. The Balaban J connectivity index is 1.85. The fourth-order valence-electron chi connectivity index (χ4n) is 2.44. The van der Waals surface area contributed by atoms with Gasteiger partial charge in [0.05, 0.1) is 13.7 Å². The topological polar surface area (TPSA) is 47.6 Å². The molecule has 0 fully saturated rings. The third kappa shape index (κ3) is 5.24. The van der Waals surface area contributed by atoms with Gasteiger partial charge in [0.25, 0.3) is 5.91 Å².